The largest absolute Gasteiger partial charge is 0.495 e. The lowest BCUT2D eigenvalue weighted by atomic mass is 10.1. The van der Waals surface area contributed by atoms with Gasteiger partial charge in [0.05, 0.1) is 25.0 Å². The number of nitrogens with one attached hydrogen (secondary N) is 1. The second kappa shape index (κ2) is 8.14. The number of benzene rings is 1. The van der Waals surface area contributed by atoms with Crippen molar-refractivity contribution in [3.8, 4) is 5.75 Å². The number of anilines is 1. The predicted octanol–water partition coefficient (Wildman–Crippen LogP) is 2.46. The van der Waals surface area contributed by atoms with Gasteiger partial charge in [-0.25, -0.2) is 4.79 Å². The van der Waals surface area contributed by atoms with E-state index in [1.54, 1.807) is 45.5 Å². The van der Waals surface area contributed by atoms with E-state index < -0.39 is 0 Å². The second-order valence-corrected chi connectivity index (χ2v) is 5.72. The maximum atomic E-state index is 12.4. The van der Waals surface area contributed by atoms with Crippen LogP contribution in [0.5, 0.6) is 5.75 Å². The molecule has 0 saturated heterocycles. The van der Waals surface area contributed by atoms with Gasteiger partial charge < -0.3 is 19.9 Å². The van der Waals surface area contributed by atoms with Crippen LogP contribution in [-0.4, -0.2) is 55.0 Å². The van der Waals surface area contributed by atoms with Crippen molar-refractivity contribution in [2.24, 2.45) is 0 Å². The molecule has 132 valence electrons. The smallest absolute Gasteiger partial charge is 0.322 e. The number of hydrogen-bond donors (Lipinski definition) is 1. The van der Waals surface area contributed by atoms with Crippen molar-refractivity contribution in [2.45, 2.75) is 6.54 Å². The van der Waals surface area contributed by atoms with E-state index in [9.17, 15) is 9.59 Å². The fourth-order valence-corrected chi connectivity index (χ4v) is 2.21. The standard InChI is InChI=1S/C18H22N4O3/c1-21(2)17(23)13-8-9-16(25-4)15(11-13)20-18(24)22(3)12-14-7-5-6-10-19-14/h5-11H,12H2,1-4H3,(H,20,24). The number of hydrogen-bond acceptors (Lipinski definition) is 4. The predicted molar refractivity (Wildman–Crippen MR) is 95.7 cm³/mol. The molecule has 2 rings (SSSR count). The van der Waals surface area contributed by atoms with Gasteiger partial charge in [0.1, 0.15) is 5.75 Å². The highest BCUT2D eigenvalue weighted by Gasteiger charge is 2.16. The lowest BCUT2D eigenvalue weighted by Gasteiger charge is -2.19. The SMILES string of the molecule is COc1ccc(C(=O)N(C)C)cc1NC(=O)N(C)Cc1ccccn1. The third-order valence-corrected chi connectivity index (χ3v) is 3.57. The second-order valence-electron chi connectivity index (χ2n) is 5.72. The summed E-state index contributed by atoms with van der Waals surface area (Å²) in [4.78, 5) is 31.7. The van der Waals surface area contributed by atoms with Crippen LogP contribution in [0.25, 0.3) is 0 Å². The molecular weight excluding hydrogens is 320 g/mol. The van der Waals surface area contributed by atoms with Crippen molar-refractivity contribution in [3.63, 3.8) is 0 Å². The van der Waals surface area contributed by atoms with Crippen LogP contribution in [0.2, 0.25) is 0 Å². The van der Waals surface area contributed by atoms with E-state index >= 15 is 0 Å². The first-order valence-corrected chi connectivity index (χ1v) is 7.74. The molecule has 0 bridgehead atoms. The van der Waals surface area contributed by atoms with E-state index in [4.69, 9.17) is 4.74 Å². The zero-order valence-corrected chi connectivity index (χ0v) is 14.8. The summed E-state index contributed by atoms with van der Waals surface area (Å²) in [5.74, 6) is 0.329. The Balaban J connectivity index is 2.15. The van der Waals surface area contributed by atoms with Crippen LogP contribution in [0.3, 0.4) is 0 Å². The van der Waals surface area contributed by atoms with Gasteiger partial charge in [-0.1, -0.05) is 6.07 Å². The molecule has 0 unspecified atom stereocenters. The Kier molecular flexibility index (Phi) is 5.94. The number of rotatable bonds is 5. The number of aromatic nitrogens is 1. The summed E-state index contributed by atoms with van der Waals surface area (Å²) in [5, 5.41) is 2.78. The third kappa shape index (κ3) is 4.69. The van der Waals surface area contributed by atoms with Gasteiger partial charge in [-0.3, -0.25) is 9.78 Å². The van der Waals surface area contributed by atoms with E-state index in [1.807, 2.05) is 18.2 Å². The summed E-state index contributed by atoms with van der Waals surface area (Å²) >= 11 is 0. The molecule has 0 atom stereocenters. The first kappa shape index (κ1) is 18.3. The number of urea groups is 1. The number of carbonyl (C=O) groups excluding carboxylic acids is 2. The lowest BCUT2D eigenvalue weighted by Crippen LogP contribution is -2.31. The summed E-state index contributed by atoms with van der Waals surface area (Å²) in [6, 6.07) is 10.1. The summed E-state index contributed by atoms with van der Waals surface area (Å²) in [7, 11) is 6.53. The molecule has 1 aromatic carbocycles. The van der Waals surface area contributed by atoms with Crippen molar-refractivity contribution in [1.82, 2.24) is 14.8 Å². The summed E-state index contributed by atoms with van der Waals surface area (Å²) in [5.41, 5.74) is 1.69. The van der Waals surface area contributed by atoms with Crippen molar-refractivity contribution < 1.29 is 14.3 Å². The Morgan fingerprint density at radius 1 is 1.16 bits per heavy atom. The van der Waals surface area contributed by atoms with E-state index in [0.29, 0.717) is 23.5 Å². The molecule has 0 radical (unpaired) electrons. The van der Waals surface area contributed by atoms with Crippen LogP contribution < -0.4 is 10.1 Å². The van der Waals surface area contributed by atoms with Crippen LogP contribution in [0.4, 0.5) is 10.5 Å². The van der Waals surface area contributed by atoms with Crippen molar-refractivity contribution in [3.05, 3.63) is 53.9 Å². The topological polar surface area (TPSA) is 74.8 Å². The lowest BCUT2D eigenvalue weighted by molar-refractivity contribution is 0.0827. The molecule has 0 saturated carbocycles. The Morgan fingerprint density at radius 3 is 2.52 bits per heavy atom. The molecule has 0 aliphatic carbocycles. The number of pyridine rings is 1. The molecule has 0 spiro atoms. The minimum absolute atomic E-state index is 0.153. The van der Waals surface area contributed by atoms with Gasteiger partial charge in [0.15, 0.2) is 0 Å². The third-order valence-electron chi connectivity index (χ3n) is 3.57. The average Bonchev–Trinajstić information content (AvgIpc) is 2.61. The Morgan fingerprint density at radius 2 is 1.92 bits per heavy atom. The van der Waals surface area contributed by atoms with Gasteiger partial charge in [-0.15, -0.1) is 0 Å². The van der Waals surface area contributed by atoms with Crippen LogP contribution in [-0.2, 0) is 6.54 Å². The first-order valence-electron chi connectivity index (χ1n) is 7.74. The molecule has 0 aliphatic rings. The number of nitrogens with zero attached hydrogens (tertiary/aromatic N) is 3. The molecule has 1 aromatic heterocycles. The molecule has 1 N–H and O–H groups in total. The highest BCUT2D eigenvalue weighted by molar-refractivity contribution is 5.97. The molecule has 7 nitrogen and oxygen atoms in total. The summed E-state index contributed by atoms with van der Waals surface area (Å²) in [6.45, 7) is 0.366. The highest BCUT2D eigenvalue weighted by atomic mass is 16.5. The van der Waals surface area contributed by atoms with Crippen LogP contribution in [0.1, 0.15) is 16.1 Å². The number of methoxy groups -OCH3 is 1. The summed E-state index contributed by atoms with van der Waals surface area (Å²) in [6.07, 6.45) is 1.68. The molecule has 25 heavy (non-hydrogen) atoms. The summed E-state index contributed by atoms with van der Waals surface area (Å²) < 4.78 is 5.27. The van der Waals surface area contributed by atoms with Crippen LogP contribution in [0.15, 0.2) is 42.6 Å². The van der Waals surface area contributed by atoms with Crippen molar-refractivity contribution >= 4 is 17.6 Å². The number of ether oxygens (including phenoxy) is 1. The Hall–Kier alpha value is -3.09. The van der Waals surface area contributed by atoms with E-state index in [-0.39, 0.29) is 11.9 Å². The van der Waals surface area contributed by atoms with Crippen molar-refractivity contribution in [1.29, 1.82) is 0 Å². The van der Waals surface area contributed by atoms with Gasteiger partial charge in [-0.05, 0) is 30.3 Å². The van der Waals surface area contributed by atoms with Gasteiger partial charge in [0.2, 0.25) is 0 Å². The van der Waals surface area contributed by atoms with E-state index in [2.05, 4.69) is 10.3 Å². The van der Waals surface area contributed by atoms with Crippen LogP contribution in [0, 0.1) is 0 Å². The number of carbonyl (C=O) groups is 2. The molecule has 1 heterocycles. The molecule has 0 fully saturated rings. The van der Waals surface area contributed by atoms with Crippen LogP contribution >= 0.6 is 0 Å². The molecular formula is C18H22N4O3. The quantitative estimate of drug-likeness (QED) is 0.906. The minimum atomic E-state index is -0.321. The van der Waals surface area contributed by atoms with Gasteiger partial charge in [0, 0.05) is 32.9 Å². The molecule has 0 aliphatic heterocycles. The maximum Gasteiger partial charge on any atom is 0.322 e. The number of amides is 3. The zero-order chi connectivity index (χ0) is 18.4. The maximum absolute atomic E-state index is 12.4. The molecule has 7 heteroatoms. The zero-order valence-electron chi connectivity index (χ0n) is 14.8. The highest BCUT2D eigenvalue weighted by Crippen LogP contribution is 2.26. The fourth-order valence-electron chi connectivity index (χ4n) is 2.21. The first-order chi connectivity index (χ1) is 11.9. The van der Waals surface area contributed by atoms with E-state index in [1.165, 1.54) is 16.9 Å². The monoisotopic (exact) mass is 342 g/mol. The molecule has 3 amide bonds. The Bertz CT molecular complexity index is 747. The minimum Gasteiger partial charge on any atom is -0.495 e. The fraction of sp³-hybridized carbons (Fsp3) is 0.278. The van der Waals surface area contributed by atoms with Gasteiger partial charge in [0.25, 0.3) is 5.91 Å². The normalized spacial score (nSPS) is 10.1. The van der Waals surface area contributed by atoms with Crippen molar-refractivity contribution in [2.75, 3.05) is 33.6 Å². The Labute approximate surface area is 147 Å². The molecule has 2 aromatic rings. The average molecular weight is 342 g/mol. The van der Waals surface area contributed by atoms with Gasteiger partial charge in [-0.2, -0.15) is 0 Å². The van der Waals surface area contributed by atoms with Gasteiger partial charge >= 0.3 is 6.03 Å². The van der Waals surface area contributed by atoms with E-state index in [0.717, 1.165) is 5.69 Å².